The third-order valence-corrected chi connectivity index (χ3v) is 16.9. The second kappa shape index (κ2) is 11.7. The molecular weight excluding hydrogens is 625 g/mol. The number of ether oxygens (including phenoxy) is 2. The number of carbonyl (C=O) groups is 1. The van der Waals surface area contributed by atoms with Gasteiger partial charge in [0.15, 0.2) is 0 Å². The molecule has 5 N–H and O–H groups in total. The van der Waals surface area contributed by atoms with Crippen LogP contribution in [0.2, 0.25) is 0 Å². The number of carboxylic acids is 1. The average molecular weight is 685 g/mol. The lowest BCUT2D eigenvalue weighted by molar-refractivity contribution is -0.253. The second-order valence-electron chi connectivity index (χ2n) is 18.3. The number of aliphatic carboxylic acids is 1. The number of nitrogens with zero attached hydrogens (tertiary/aromatic N) is 4. The Kier molecular flexibility index (Phi) is 8.45. The van der Waals surface area contributed by atoms with E-state index in [2.05, 4.69) is 70.0 Å². The minimum absolute atomic E-state index is 0.145. The van der Waals surface area contributed by atoms with E-state index < -0.39 is 11.9 Å². The number of rotatable bonds is 7. The molecule has 2 saturated heterocycles. The first-order valence-corrected chi connectivity index (χ1v) is 19.7. The molecule has 1 aromatic heterocycles. The lowest BCUT2D eigenvalue weighted by Gasteiger charge is -2.71. The number of tetrazole rings is 1. The van der Waals surface area contributed by atoms with Gasteiger partial charge in [-0.25, -0.2) is 0 Å². The highest BCUT2D eigenvalue weighted by atomic mass is 32.2. The number of hydrogen-bond donors (Lipinski definition) is 3. The van der Waals surface area contributed by atoms with E-state index in [0.29, 0.717) is 37.6 Å². The van der Waals surface area contributed by atoms with Gasteiger partial charge in [0.05, 0.1) is 31.8 Å². The van der Waals surface area contributed by atoms with Crippen LogP contribution in [-0.4, -0.2) is 74.3 Å². The summed E-state index contributed by atoms with van der Waals surface area (Å²) in [6.45, 7) is 17.9. The molecule has 7 rings (SSSR count). The zero-order valence-electron chi connectivity index (χ0n) is 30.3. The molecule has 4 aliphatic carbocycles. The van der Waals surface area contributed by atoms with Crippen molar-refractivity contribution in [2.75, 3.05) is 37.1 Å². The Morgan fingerprint density at radius 2 is 1.83 bits per heavy atom. The van der Waals surface area contributed by atoms with Crippen molar-refractivity contribution in [2.45, 2.75) is 118 Å². The summed E-state index contributed by atoms with van der Waals surface area (Å²) in [5.41, 5.74) is 12.9. The van der Waals surface area contributed by atoms with Crippen LogP contribution in [0.3, 0.4) is 0 Å². The van der Waals surface area contributed by atoms with Crippen LogP contribution in [0.4, 0.5) is 5.95 Å². The maximum atomic E-state index is 13.4. The van der Waals surface area contributed by atoms with E-state index in [9.17, 15) is 9.90 Å². The van der Waals surface area contributed by atoms with Crippen LogP contribution >= 0.6 is 11.8 Å². The fourth-order valence-electron chi connectivity index (χ4n) is 12.7. The number of thioether (sulfide) groups is 1. The first kappa shape index (κ1) is 34.7. The number of fused-ring (bicyclic) bond motifs is 3. The number of anilines is 1. The smallest absolute Gasteiger partial charge is 0.307 e. The van der Waals surface area contributed by atoms with Crippen molar-refractivity contribution in [2.24, 2.45) is 62.4 Å². The molecule has 0 aromatic carbocycles. The quantitative estimate of drug-likeness (QED) is 0.292. The van der Waals surface area contributed by atoms with Gasteiger partial charge in [-0.2, -0.15) is 16.6 Å². The average Bonchev–Trinajstić information content (AvgIpc) is 3.46. The minimum Gasteiger partial charge on any atom is -0.481 e. The van der Waals surface area contributed by atoms with E-state index in [0.717, 1.165) is 62.9 Å². The molecule has 10 nitrogen and oxygen atoms in total. The first-order chi connectivity index (χ1) is 22.5. The number of carboxylic acid groups (broad SMARTS) is 1. The summed E-state index contributed by atoms with van der Waals surface area (Å²) < 4.78 is 13.7. The summed E-state index contributed by atoms with van der Waals surface area (Å²) in [5.74, 6) is 2.63. The molecule has 5 fully saturated rings. The Hall–Kier alpha value is -1.69. The molecule has 3 saturated carbocycles. The fourth-order valence-corrected chi connectivity index (χ4v) is 14.0. The van der Waals surface area contributed by atoms with Crippen molar-refractivity contribution in [1.29, 1.82) is 0 Å². The molecule has 48 heavy (non-hydrogen) atoms. The van der Waals surface area contributed by atoms with E-state index >= 15 is 0 Å². The monoisotopic (exact) mass is 684 g/mol. The highest BCUT2D eigenvalue weighted by Crippen LogP contribution is 2.75. The van der Waals surface area contributed by atoms with Crippen LogP contribution in [0, 0.1) is 56.7 Å². The summed E-state index contributed by atoms with van der Waals surface area (Å²) in [5, 5.41) is 24.2. The molecule has 11 atom stereocenters. The number of nitrogen functional groups attached to an aromatic ring is 1. The molecular formula is C37H60N6O4S. The third-order valence-electron chi connectivity index (χ3n) is 15.9. The zero-order valence-corrected chi connectivity index (χ0v) is 31.2. The largest absolute Gasteiger partial charge is 0.481 e. The van der Waals surface area contributed by atoms with Gasteiger partial charge in [0, 0.05) is 16.4 Å². The lowest BCUT2D eigenvalue weighted by atomic mass is 9.34. The number of aromatic nitrogens is 4. The summed E-state index contributed by atoms with van der Waals surface area (Å²) in [6.07, 6.45) is 9.83. The maximum absolute atomic E-state index is 13.4. The highest BCUT2D eigenvalue weighted by Gasteiger charge is 2.72. The standard InChI is InChI=1S/C37H60N6O4S/c1-22(2)23(3)32(4)12-13-34(6)24-8-9-27-33(5)19-46-21-37(27,25(24)10-11-35(34,7)28(32)30(44)45)18-26(43-41-31(38)40-42-43)29(33)47-20-36(39)14-16-48-17-15-36/h10,22-24,26-29H,8-9,11-21,39H2,1-7H3,(H2,38,41)(H,44,45)/t23-,24+,26-,27+,28-,29+,32-,33-,34-,35+,37+/m1/s1. The SMILES string of the molecule is CC(C)[C@@H](C)[C@@]1(C)CC[C@]2(C)[C@H]3CC[C@@H]4[C@@]5(COC[C@@]4(C)[C@@H](OCC4(N)CCSCC4)[C@H](n4nnc(N)n4)C5)C3=CC[C@@]2(C)[C@@H]1C(=O)O. The van der Waals surface area contributed by atoms with Crippen LogP contribution < -0.4 is 11.5 Å². The van der Waals surface area contributed by atoms with Crippen LogP contribution in [-0.2, 0) is 14.3 Å². The zero-order chi connectivity index (χ0) is 34.5. The van der Waals surface area contributed by atoms with E-state index in [1.165, 1.54) is 5.57 Å². The van der Waals surface area contributed by atoms with E-state index in [1.54, 1.807) is 4.80 Å². The van der Waals surface area contributed by atoms with Gasteiger partial charge in [-0.3, -0.25) is 4.79 Å². The van der Waals surface area contributed by atoms with Crippen molar-refractivity contribution < 1.29 is 19.4 Å². The number of nitrogens with two attached hydrogens (primary N) is 2. The lowest BCUT2D eigenvalue weighted by Crippen LogP contribution is -2.69. The maximum Gasteiger partial charge on any atom is 0.307 e. The molecule has 0 spiro atoms. The van der Waals surface area contributed by atoms with Gasteiger partial charge >= 0.3 is 5.97 Å². The van der Waals surface area contributed by atoms with Crippen LogP contribution in [0.15, 0.2) is 11.6 Å². The molecule has 2 bridgehead atoms. The van der Waals surface area contributed by atoms with Gasteiger partial charge in [-0.1, -0.05) is 65.2 Å². The van der Waals surface area contributed by atoms with Crippen LogP contribution in [0.1, 0.15) is 106 Å². The van der Waals surface area contributed by atoms with Gasteiger partial charge in [0.1, 0.15) is 6.04 Å². The highest BCUT2D eigenvalue weighted by molar-refractivity contribution is 7.99. The van der Waals surface area contributed by atoms with E-state index in [4.69, 9.17) is 20.9 Å². The Morgan fingerprint density at radius 3 is 2.48 bits per heavy atom. The van der Waals surface area contributed by atoms with Crippen molar-refractivity contribution in [3.8, 4) is 0 Å². The Bertz CT molecular complexity index is 1450. The predicted octanol–water partition coefficient (Wildman–Crippen LogP) is 5.99. The third kappa shape index (κ3) is 4.82. The Labute approximate surface area is 291 Å². The summed E-state index contributed by atoms with van der Waals surface area (Å²) in [7, 11) is 0. The first-order valence-electron chi connectivity index (χ1n) is 18.6. The normalized spacial score (nSPS) is 45.8. The van der Waals surface area contributed by atoms with Gasteiger partial charge in [-0.15, -0.1) is 5.10 Å². The molecule has 2 aliphatic heterocycles. The molecule has 0 radical (unpaired) electrons. The van der Waals surface area contributed by atoms with Crippen LogP contribution in [0.25, 0.3) is 0 Å². The minimum atomic E-state index is -0.627. The fraction of sp³-hybridized carbons (Fsp3) is 0.892. The number of hydrogen-bond acceptors (Lipinski definition) is 9. The molecule has 268 valence electrons. The summed E-state index contributed by atoms with van der Waals surface area (Å²) >= 11 is 1.97. The van der Waals surface area contributed by atoms with Crippen molar-refractivity contribution in [3.63, 3.8) is 0 Å². The summed E-state index contributed by atoms with van der Waals surface area (Å²) in [6, 6.07) is -0.171. The van der Waals surface area contributed by atoms with Gasteiger partial charge < -0.3 is 26.0 Å². The molecule has 3 heterocycles. The van der Waals surface area contributed by atoms with Crippen molar-refractivity contribution >= 4 is 23.7 Å². The second-order valence-corrected chi connectivity index (χ2v) is 19.5. The van der Waals surface area contributed by atoms with Crippen LogP contribution in [0.5, 0.6) is 0 Å². The molecule has 0 amide bonds. The topological polar surface area (TPSA) is 151 Å². The molecule has 6 aliphatic rings. The van der Waals surface area contributed by atoms with Crippen molar-refractivity contribution in [1.82, 2.24) is 20.2 Å². The molecule has 11 heteroatoms. The van der Waals surface area contributed by atoms with E-state index in [1.807, 2.05) is 11.8 Å². The van der Waals surface area contributed by atoms with Gasteiger partial charge in [0.25, 0.3) is 5.95 Å². The van der Waals surface area contributed by atoms with E-state index in [-0.39, 0.29) is 56.6 Å². The Balaban J connectivity index is 1.29. The molecule has 0 unspecified atom stereocenters. The van der Waals surface area contributed by atoms with Gasteiger partial charge in [0.2, 0.25) is 0 Å². The number of allylic oxidation sites excluding steroid dienone is 1. The summed E-state index contributed by atoms with van der Waals surface area (Å²) in [4.78, 5) is 15.2. The molecule has 1 aromatic rings. The Morgan fingerprint density at radius 1 is 1.10 bits per heavy atom. The van der Waals surface area contributed by atoms with Crippen molar-refractivity contribution in [3.05, 3.63) is 11.6 Å². The van der Waals surface area contributed by atoms with Gasteiger partial charge in [-0.05, 0) is 108 Å². The predicted molar refractivity (Wildman–Crippen MR) is 188 cm³/mol.